The third-order valence-corrected chi connectivity index (χ3v) is 7.78. The molecule has 0 aliphatic carbocycles. The van der Waals surface area contributed by atoms with Crippen LogP contribution >= 0.6 is 0 Å². The van der Waals surface area contributed by atoms with Crippen LogP contribution in [0, 0.1) is 0 Å². The fourth-order valence-corrected chi connectivity index (χ4v) is 5.50. The van der Waals surface area contributed by atoms with Crippen LogP contribution in [0.5, 0.6) is 0 Å². The van der Waals surface area contributed by atoms with Crippen molar-refractivity contribution >= 4 is 26.7 Å². The van der Waals surface area contributed by atoms with E-state index in [-0.39, 0.29) is 17.3 Å². The van der Waals surface area contributed by atoms with Crippen molar-refractivity contribution in [3.8, 4) is 0 Å². The number of benzene rings is 1. The number of fused-ring (bicyclic) bond motifs is 2. The van der Waals surface area contributed by atoms with E-state index < -0.39 is 22.7 Å². The molecule has 0 atom stereocenters. The zero-order chi connectivity index (χ0) is 26.8. The summed E-state index contributed by atoms with van der Waals surface area (Å²) < 4.78 is 69.1. The predicted molar refractivity (Wildman–Crippen MR) is 134 cm³/mol. The van der Waals surface area contributed by atoms with Gasteiger partial charge >= 0.3 is 6.18 Å². The van der Waals surface area contributed by atoms with Crippen LogP contribution in [0.2, 0.25) is 0 Å². The highest BCUT2D eigenvalue weighted by Crippen LogP contribution is 2.21. The van der Waals surface area contributed by atoms with Gasteiger partial charge in [0.2, 0.25) is 10.0 Å². The van der Waals surface area contributed by atoms with Gasteiger partial charge in [-0.05, 0) is 43.2 Å². The van der Waals surface area contributed by atoms with Crippen LogP contribution in [0.15, 0.2) is 47.6 Å². The zero-order valence-electron chi connectivity index (χ0n) is 20.4. The van der Waals surface area contributed by atoms with Crippen LogP contribution in [-0.2, 0) is 42.5 Å². The number of nitrogens with zero attached hydrogens (tertiary/aromatic N) is 6. The lowest BCUT2D eigenvalue weighted by Crippen LogP contribution is -2.26. The second-order valence-corrected chi connectivity index (χ2v) is 10.9. The Labute approximate surface area is 217 Å². The largest absolute Gasteiger partial charge is 0.406 e. The number of alkyl halides is 3. The molecule has 3 aromatic heterocycles. The number of halogens is 3. The van der Waals surface area contributed by atoms with Gasteiger partial charge in [-0.25, -0.2) is 23.1 Å². The molecule has 14 heteroatoms. The van der Waals surface area contributed by atoms with Crippen LogP contribution in [-0.4, -0.2) is 50.4 Å². The van der Waals surface area contributed by atoms with Gasteiger partial charge in [0, 0.05) is 43.7 Å². The van der Waals surface area contributed by atoms with Gasteiger partial charge in [0.05, 0.1) is 17.0 Å². The van der Waals surface area contributed by atoms with Crippen molar-refractivity contribution in [3.05, 3.63) is 60.2 Å². The first-order valence-electron chi connectivity index (χ1n) is 12.3. The summed E-state index contributed by atoms with van der Waals surface area (Å²) >= 11 is 0. The lowest BCUT2D eigenvalue weighted by Gasteiger charge is -2.12. The standard InChI is InChI=1S/C24H27F3N8O2S/c25-24(26,27)16-34-13-11-29-23(34)15-30-38(36,37)18-6-7-19-17(14-18)5-8-20(31-19)28-10-9-22-33-32-21-4-2-1-3-12-35(21)22/h5-8,11,13-14,30H,1-4,9-10,12,15-16H2,(H,28,31). The number of aryl methyl sites for hydroxylation is 1. The Morgan fingerprint density at radius 2 is 1.89 bits per heavy atom. The van der Waals surface area contributed by atoms with E-state index in [1.165, 1.54) is 24.8 Å². The normalized spacial score (nSPS) is 14.4. The molecule has 5 rings (SSSR count). The van der Waals surface area contributed by atoms with Crippen LogP contribution in [0.4, 0.5) is 19.0 Å². The molecule has 0 amide bonds. The van der Waals surface area contributed by atoms with E-state index in [0.29, 0.717) is 29.7 Å². The number of anilines is 1. The van der Waals surface area contributed by atoms with Gasteiger partial charge in [0.1, 0.15) is 29.8 Å². The quantitative estimate of drug-likeness (QED) is 0.329. The fraction of sp³-hybridized carbons (Fsp3) is 0.417. The second kappa shape index (κ2) is 10.7. The molecule has 0 spiro atoms. The summed E-state index contributed by atoms with van der Waals surface area (Å²) in [5.41, 5.74) is 0.603. The SMILES string of the molecule is O=S(=O)(NCc1nccn1CC(F)(F)F)c1ccc2nc(NCCc3nnc4n3CCCCC4)ccc2c1. The maximum Gasteiger partial charge on any atom is 0.406 e. The van der Waals surface area contributed by atoms with Gasteiger partial charge in [-0.1, -0.05) is 6.42 Å². The maximum atomic E-state index is 12.8. The number of rotatable bonds is 9. The van der Waals surface area contributed by atoms with E-state index in [2.05, 4.69) is 34.8 Å². The van der Waals surface area contributed by atoms with E-state index in [0.717, 1.165) is 48.2 Å². The highest BCUT2D eigenvalue weighted by atomic mass is 32.2. The van der Waals surface area contributed by atoms with E-state index in [1.54, 1.807) is 18.2 Å². The van der Waals surface area contributed by atoms with E-state index in [9.17, 15) is 21.6 Å². The lowest BCUT2D eigenvalue weighted by atomic mass is 10.2. The van der Waals surface area contributed by atoms with E-state index in [4.69, 9.17) is 0 Å². The first-order valence-corrected chi connectivity index (χ1v) is 13.8. The molecule has 0 radical (unpaired) electrons. The summed E-state index contributed by atoms with van der Waals surface area (Å²) in [6.45, 7) is -0.0526. The van der Waals surface area contributed by atoms with Crippen molar-refractivity contribution in [1.82, 2.24) is 34.0 Å². The summed E-state index contributed by atoms with van der Waals surface area (Å²) in [5, 5.41) is 12.6. The molecule has 0 bridgehead atoms. The summed E-state index contributed by atoms with van der Waals surface area (Å²) in [7, 11) is -3.99. The smallest absolute Gasteiger partial charge is 0.370 e. The number of nitrogens with one attached hydrogen (secondary N) is 2. The first-order chi connectivity index (χ1) is 18.2. The van der Waals surface area contributed by atoms with Gasteiger partial charge in [-0.15, -0.1) is 10.2 Å². The Bertz CT molecular complexity index is 1530. The second-order valence-electron chi connectivity index (χ2n) is 9.13. The molecule has 1 aliphatic heterocycles. The van der Waals surface area contributed by atoms with Gasteiger partial charge in [-0.3, -0.25) is 0 Å². The minimum Gasteiger partial charge on any atom is -0.370 e. The van der Waals surface area contributed by atoms with Crippen LogP contribution in [0.25, 0.3) is 10.9 Å². The number of aromatic nitrogens is 6. The first kappa shape index (κ1) is 26.1. The molecule has 0 fully saturated rings. The molecular weight excluding hydrogens is 521 g/mol. The average molecular weight is 549 g/mol. The van der Waals surface area contributed by atoms with Crippen molar-refractivity contribution in [2.45, 2.75) is 62.8 Å². The van der Waals surface area contributed by atoms with Crippen LogP contribution < -0.4 is 10.0 Å². The molecule has 0 saturated heterocycles. The summed E-state index contributed by atoms with van der Waals surface area (Å²) in [6.07, 6.45) is 3.06. The lowest BCUT2D eigenvalue weighted by molar-refractivity contribution is -0.141. The van der Waals surface area contributed by atoms with Crippen molar-refractivity contribution in [2.75, 3.05) is 11.9 Å². The number of hydrogen-bond donors (Lipinski definition) is 2. The highest BCUT2D eigenvalue weighted by Gasteiger charge is 2.29. The number of imidazole rings is 1. The van der Waals surface area contributed by atoms with Crippen molar-refractivity contribution in [3.63, 3.8) is 0 Å². The maximum absolute atomic E-state index is 12.8. The third kappa shape index (κ3) is 6.13. The van der Waals surface area contributed by atoms with Gasteiger partial charge in [0.25, 0.3) is 0 Å². The Morgan fingerprint density at radius 3 is 2.74 bits per heavy atom. The number of pyridine rings is 1. The monoisotopic (exact) mass is 548 g/mol. The van der Waals surface area contributed by atoms with E-state index in [1.807, 2.05) is 0 Å². The molecule has 0 saturated carbocycles. The molecule has 4 heterocycles. The van der Waals surface area contributed by atoms with Crippen molar-refractivity contribution < 1.29 is 21.6 Å². The van der Waals surface area contributed by atoms with Gasteiger partial charge < -0.3 is 14.5 Å². The summed E-state index contributed by atoms with van der Waals surface area (Å²) in [5.74, 6) is 2.62. The minimum absolute atomic E-state index is 0.0195. The van der Waals surface area contributed by atoms with Crippen molar-refractivity contribution in [2.24, 2.45) is 0 Å². The van der Waals surface area contributed by atoms with Gasteiger partial charge in [-0.2, -0.15) is 13.2 Å². The van der Waals surface area contributed by atoms with Crippen LogP contribution in [0.1, 0.15) is 36.7 Å². The van der Waals surface area contributed by atoms with Gasteiger partial charge in [0.15, 0.2) is 0 Å². The topological polar surface area (TPSA) is 120 Å². The molecule has 1 aliphatic rings. The molecular formula is C24H27F3N8O2S. The molecule has 1 aromatic carbocycles. The molecule has 2 N–H and O–H groups in total. The average Bonchev–Trinajstić information content (AvgIpc) is 3.39. The Kier molecular flexibility index (Phi) is 7.34. The molecule has 38 heavy (non-hydrogen) atoms. The predicted octanol–water partition coefficient (Wildman–Crippen LogP) is 3.44. The third-order valence-electron chi connectivity index (χ3n) is 6.38. The number of hydrogen-bond acceptors (Lipinski definition) is 7. The van der Waals surface area contributed by atoms with E-state index >= 15 is 0 Å². The Hall–Kier alpha value is -3.52. The zero-order valence-corrected chi connectivity index (χ0v) is 21.3. The molecule has 202 valence electrons. The Balaban J connectivity index is 1.21. The van der Waals surface area contributed by atoms with Crippen LogP contribution in [0.3, 0.4) is 0 Å². The number of sulfonamides is 1. The highest BCUT2D eigenvalue weighted by molar-refractivity contribution is 7.89. The molecule has 4 aromatic rings. The summed E-state index contributed by atoms with van der Waals surface area (Å²) in [4.78, 5) is 8.38. The summed E-state index contributed by atoms with van der Waals surface area (Å²) in [6, 6.07) is 8.02. The van der Waals surface area contributed by atoms with Crippen molar-refractivity contribution in [1.29, 1.82) is 0 Å². The minimum atomic E-state index is -4.44. The Morgan fingerprint density at radius 1 is 1.03 bits per heavy atom. The molecule has 0 unspecified atom stereocenters. The fourth-order valence-electron chi connectivity index (χ4n) is 4.49. The molecule has 10 nitrogen and oxygen atoms in total.